The number of hydrogen-bond donors (Lipinski definition) is 2. The molecule has 2 aromatic rings. The summed E-state index contributed by atoms with van der Waals surface area (Å²) in [6.45, 7) is 15.5. The van der Waals surface area contributed by atoms with Crippen LogP contribution in [0.3, 0.4) is 0 Å². The van der Waals surface area contributed by atoms with Crippen molar-refractivity contribution < 1.29 is 19.0 Å². The van der Waals surface area contributed by atoms with E-state index in [9.17, 15) is 14.3 Å². The molecular formula is C30H44Cl2FN5O3. The Morgan fingerprint density at radius 3 is 2.56 bits per heavy atom. The van der Waals surface area contributed by atoms with Crippen molar-refractivity contribution in [2.75, 3.05) is 50.8 Å². The van der Waals surface area contributed by atoms with Gasteiger partial charge in [-0.25, -0.2) is 4.39 Å². The van der Waals surface area contributed by atoms with Crippen LogP contribution in [-0.4, -0.2) is 95.9 Å². The van der Waals surface area contributed by atoms with Crippen molar-refractivity contribution in [3.63, 3.8) is 0 Å². The lowest BCUT2D eigenvalue weighted by Crippen LogP contribution is -2.63. The van der Waals surface area contributed by atoms with E-state index in [1.165, 1.54) is 6.07 Å². The van der Waals surface area contributed by atoms with Crippen molar-refractivity contribution in [3.05, 3.63) is 59.2 Å². The summed E-state index contributed by atoms with van der Waals surface area (Å²) in [6.07, 6.45) is 0.435. The summed E-state index contributed by atoms with van der Waals surface area (Å²) in [7, 11) is 0. The third kappa shape index (κ3) is 7.04. The van der Waals surface area contributed by atoms with E-state index in [0.29, 0.717) is 42.5 Å². The predicted octanol–water partition coefficient (Wildman–Crippen LogP) is 3.54. The highest BCUT2D eigenvalue weighted by molar-refractivity contribution is 5.97. The zero-order valence-corrected chi connectivity index (χ0v) is 26.2. The molecule has 5 rings (SSSR count). The van der Waals surface area contributed by atoms with Gasteiger partial charge in [0.05, 0.1) is 31.1 Å². The summed E-state index contributed by atoms with van der Waals surface area (Å²) in [5.41, 5.74) is 1.85. The fourth-order valence-corrected chi connectivity index (χ4v) is 6.30. The van der Waals surface area contributed by atoms with Crippen LogP contribution in [0, 0.1) is 5.82 Å². The van der Waals surface area contributed by atoms with Crippen LogP contribution in [0.5, 0.6) is 0 Å². The lowest BCUT2D eigenvalue weighted by molar-refractivity contribution is -0.121. The number of aromatic nitrogens is 1. The molecule has 3 aliphatic heterocycles. The normalized spacial score (nSPS) is 27.0. The van der Waals surface area contributed by atoms with Crippen LogP contribution in [-0.2, 0) is 14.9 Å². The average Bonchev–Trinajstić information content (AvgIpc) is 3.17. The monoisotopic (exact) mass is 611 g/mol. The standard InChI is InChI=1S/C30H42FN5O3.2ClH/c1-19-13-34(23(12-32-19)14-35-20(2)16-39-17-21(35)3)15-27(37)36-18-30(4,5)29-26(36)10-22(11-33-29)28(38)24-8-6-7-9-25(24)31;;/h6-11,19-21,23,28,32,38H,12-18H2,1-5H3;2*1H/t19-,20-,21-,23-,28?;;/m1../s1. The lowest BCUT2D eigenvalue weighted by atomic mass is 9.90. The molecule has 2 fully saturated rings. The number of anilines is 1. The van der Waals surface area contributed by atoms with Crippen molar-refractivity contribution in [1.29, 1.82) is 0 Å². The maximum atomic E-state index is 14.4. The molecule has 0 radical (unpaired) electrons. The summed E-state index contributed by atoms with van der Waals surface area (Å²) < 4.78 is 20.1. The summed E-state index contributed by atoms with van der Waals surface area (Å²) in [5, 5.41) is 14.6. The molecule has 228 valence electrons. The number of aliphatic hydroxyl groups is 1. The predicted molar refractivity (Wildman–Crippen MR) is 164 cm³/mol. The van der Waals surface area contributed by atoms with Crippen molar-refractivity contribution in [2.24, 2.45) is 0 Å². The van der Waals surface area contributed by atoms with Crippen LogP contribution in [0.15, 0.2) is 36.5 Å². The Balaban J connectivity index is 0.00000231. The Hall–Kier alpha value is -1.85. The number of carbonyl (C=O) groups excluding carboxylic acids is 1. The number of halogens is 3. The summed E-state index contributed by atoms with van der Waals surface area (Å²) in [6, 6.07) is 9.18. The van der Waals surface area contributed by atoms with Gasteiger partial charge < -0.3 is 20.1 Å². The molecule has 0 aliphatic carbocycles. The molecular weight excluding hydrogens is 568 g/mol. The zero-order valence-electron chi connectivity index (χ0n) is 24.5. The molecule has 1 aromatic carbocycles. The van der Waals surface area contributed by atoms with Gasteiger partial charge in [0.15, 0.2) is 0 Å². The molecule has 1 aromatic heterocycles. The second-order valence-corrected chi connectivity index (χ2v) is 12.2. The molecule has 2 saturated heterocycles. The molecule has 0 bridgehead atoms. The highest BCUT2D eigenvalue weighted by Gasteiger charge is 2.41. The van der Waals surface area contributed by atoms with Gasteiger partial charge >= 0.3 is 0 Å². The van der Waals surface area contributed by atoms with Gasteiger partial charge in [-0.05, 0) is 32.9 Å². The van der Waals surface area contributed by atoms with E-state index >= 15 is 0 Å². The third-order valence-corrected chi connectivity index (χ3v) is 8.53. The number of pyridine rings is 1. The van der Waals surface area contributed by atoms with Gasteiger partial charge in [0, 0.05) is 73.1 Å². The van der Waals surface area contributed by atoms with E-state index < -0.39 is 11.9 Å². The minimum atomic E-state index is -1.17. The Morgan fingerprint density at radius 1 is 1.20 bits per heavy atom. The van der Waals surface area contributed by atoms with Crippen LogP contribution in [0.2, 0.25) is 0 Å². The smallest absolute Gasteiger partial charge is 0.241 e. The van der Waals surface area contributed by atoms with Gasteiger partial charge in [0.2, 0.25) is 5.91 Å². The first kappa shape index (κ1) is 33.6. The topological polar surface area (TPSA) is 81.2 Å². The molecule has 1 amide bonds. The number of morpholine rings is 1. The second-order valence-electron chi connectivity index (χ2n) is 12.2. The fourth-order valence-electron chi connectivity index (χ4n) is 6.30. The summed E-state index contributed by atoms with van der Waals surface area (Å²) >= 11 is 0. The highest BCUT2D eigenvalue weighted by Crippen LogP contribution is 2.41. The molecule has 4 heterocycles. The molecule has 41 heavy (non-hydrogen) atoms. The first-order chi connectivity index (χ1) is 18.5. The second kappa shape index (κ2) is 13.6. The van der Waals surface area contributed by atoms with E-state index in [1.54, 1.807) is 30.5 Å². The molecule has 5 atom stereocenters. The number of piperazine rings is 1. The Morgan fingerprint density at radius 2 is 1.88 bits per heavy atom. The summed E-state index contributed by atoms with van der Waals surface area (Å²) in [5.74, 6) is -0.454. The van der Waals surface area contributed by atoms with Crippen LogP contribution in [0.25, 0.3) is 0 Å². The third-order valence-electron chi connectivity index (χ3n) is 8.53. The van der Waals surface area contributed by atoms with Crippen LogP contribution in [0.4, 0.5) is 10.1 Å². The van der Waals surface area contributed by atoms with Crippen molar-refractivity contribution in [2.45, 2.75) is 70.3 Å². The van der Waals surface area contributed by atoms with Crippen LogP contribution >= 0.6 is 24.8 Å². The molecule has 8 nitrogen and oxygen atoms in total. The number of hydrogen-bond acceptors (Lipinski definition) is 7. The number of benzene rings is 1. The average molecular weight is 613 g/mol. The first-order valence-corrected chi connectivity index (χ1v) is 14.1. The number of carbonyl (C=O) groups is 1. The van der Waals surface area contributed by atoms with Gasteiger partial charge in [-0.1, -0.05) is 32.0 Å². The maximum Gasteiger partial charge on any atom is 0.241 e. The largest absolute Gasteiger partial charge is 0.383 e. The van der Waals surface area contributed by atoms with E-state index in [0.717, 1.165) is 38.5 Å². The maximum absolute atomic E-state index is 14.4. The van der Waals surface area contributed by atoms with Gasteiger partial charge in [0.25, 0.3) is 0 Å². The SMILES string of the molecule is C[C@@H]1CN(CC(=O)N2CC(C)(C)c3ncc(C(O)c4ccccc4F)cc32)[C@@H](CN2[C@H](C)COC[C@H]2C)CN1.Cl.Cl. The van der Waals surface area contributed by atoms with Crippen molar-refractivity contribution >= 4 is 36.4 Å². The fraction of sp³-hybridized carbons (Fsp3) is 0.600. The Labute approximate surface area is 255 Å². The van der Waals surface area contributed by atoms with Crippen LogP contribution < -0.4 is 10.2 Å². The minimum absolute atomic E-state index is 0. The van der Waals surface area contributed by atoms with E-state index in [4.69, 9.17) is 4.74 Å². The van der Waals surface area contributed by atoms with Gasteiger partial charge in [0.1, 0.15) is 11.9 Å². The lowest BCUT2D eigenvalue weighted by Gasteiger charge is -2.46. The zero-order chi connectivity index (χ0) is 27.9. The van der Waals surface area contributed by atoms with Crippen molar-refractivity contribution in [3.8, 4) is 0 Å². The molecule has 2 N–H and O–H groups in total. The molecule has 1 unspecified atom stereocenters. The van der Waals surface area contributed by atoms with Gasteiger partial charge in [-0.15, -0.1) is 24.8 Å². The highest BCUT2D eigenvalue weighted by atomic mass is 35.5. The van der Waals surface area contributed by atoms with Crippen LogP contribution in [0.1, 0.15) is 57.5 Å². The van der Waals surface area contributed by atoms with E-state index in [1.807, 2.05) is 4.90 Å². The Kier molecular flexibility index (Phi) is 11.2. The number of rotatable bonds is 6. The first-order valence-electron chi connectivity index (χ1n) is 14.1. The quantitative estimate of drug-likeness (QED) is 0.517. The molecule has 0 spiro atoms. The van der Waals surface area contributed by atoms with E-state index in [-0.39, 0.29) is 47.7 Å². The molecule has 3 aliphatic rings. The van der Waals surface area contributed by atoms with Gasteiger partial charge in [-0.3, -0.25) is 19.6 Å². The Bertz CT molecular complexity index is 1190. The number of ether oxygens (including phenoxy) is 1. The molecule has 0 saturated carbocycles. The van der Waals surface area contributed by atoms with Crippen molar-refractivity contribution in [1.82, 2.24) is 20.1 Å². The number of amides is 1. The molecule has 11 heteroatoms. The minimum Gasteiger partial charge on any atom is -0.383 e. The number of fused-ring (bicyclic) bond motifs is 1. The number of nitrogens with zero attached hydrogens (tertiary/aromatic N) is 4. The number of nitrogens with one attached hydrogen (secondary N) is 1. The van der Waals surface area contributed by atoms with Gasteiger partial charge in [-0.2, -0.15) is 0 Å². The summed E-state index contributed by atoms with van der Waals surface area (Å²) in [4.78, 5) is 25.2. The van der Waals surface area contributed by atoms with E-state index in [2.05, 4.69) is 54.7 Å². The number of aliphatic hydroxyl groups excluding tert-OH is 1.